The van der Waals surface area contributed by atoms with Gasteiger partial charge >= 0.3 is 0 Å². The molecule has 0 saturated carbocycles. The maximum absolute atomic E-state index is 12.5. The van der Waals surface area contributed by atoms with Crippen LogP contribution in [0.4, 0.5) is 0 Å². The predicted molar refractivity (Wildman–Crippen MR) is 99.6 cm³/mol. The summed E-state index contributed by atoms with van der Waals surface area (Å²) in [5, 5.41) is 3.07. The minimum absolute atomic E-state index is 0.0302. The molecule has 128 valence electrons. The van der Waals surface area contributed by atoms with Gasteiger partial charge in [0.1, 0.15) is 0 Å². The summed E-state index contributed by atoms with van der Waals surface area (Å²) >= 11 is 0. The number of hydrogen-bond acceptors (Lipinski definition) is 2. The maximum atomic E-state index is 12.5. The van der Waals surface area contributed by atoms with Crippen LogP contribution in [0.15, 0.2) is 61.2 Å². The van der Waals surface area contributed by atoms with Crippen molar-refractivity contribution in [2.24, 2.45) is 0 Å². The van der Waals surface area contributed by atoms with E-state index in [4.69, 9.17) is 0 Å². The summed E-state index contributed by atoms with van der Waals surface area (Å²) in [5.41, 5.74) is 5.42. The number of amides is 1. The second-order valence-corrected chi connectivity index (χ2v) is 6.47. The van der Waals surface area contributed by atoms with Crippen molar-refractivity contribution in [2.45, 2.75) is 33.4 Å². The lowest BCUT2D eigenvalue weighted by atomic mass is 10.0. The van der Waals surface area contributed by atoms with Gasteiger partial charge in [0.25, 0.3) is 5.91 Å². The largest absolute Gasteiger partial charge is 0.346 e. The molecule has 0 unspecified atom stereocenters. The Morgan fingerprint density at radius 3 is 2.52 bits per heavy atom. The summed E-state index contributed by atoms with van der Waals surface area (Å²) < 4.78 is 2.00. The molecule has 0 saturated heterocycles. The Kier molecular flexibility index (Phi) is 4.98. The lowest BCUT2D eigenvalue weighted by molar-refractivity contribution is 0.0940. The zero-order chi connectivity index (χ0) is 17.8. The van der Waals surface area contributed by atoms with Crippen LogP contribution in [0, 0.1) is 13.8 Å². The third-order valence-corrected chi connectivity index (χ3v) is 4.52. The van der Waals surface area contributed by atoms with Crippen molar-refractivity contribution >= 4 is 5.91 Å². The normalized spacial score (nSPS) is 12.0. The third-order valence-electron chi connectivity index (χ3n) is 4.52. The average Bonchev–Trinajstić information content (AvgIpc) is 3.11. The van der Waals surface area contributed by atoms with E-state index in [1.54, 1.807) is 12.5 Å². The Balaban J connectivity index is 1.65. The first-order valence-electron chi connectivity index (χ1n) is 8.45. The predicted octanol–water partition coefficient (Wildman–Crippen LogP) is 4.04. The smallest absolute Gasteiger partial charge is 0.251 e. The van der Waals surface area contributed by atoms with E-state index >= 15 is 0 Å². The van der Waals surface area contributed by atoms with Gasteiger partial charge in [0, 0.05) is 24.5 Å². The van der Waals surface area contributed by atoms with E-state index in [9.17, 15) is 4.79 Å². The molecule has 0 aliphatic heterocycles. The van der Waals surface area contributed by atoms with Gasteiger partial charge in [0.15, 0.2) is 0 Å². The Morgan fingerprint density at radius 1 is 1.12 bits per heavy atom. The van der Waals surface area contributed by atoms with E-state index in [0.717, 1.165) is 17.7 Å². The van der Waals surface area contributed by atoms with Gasteiger partial charge in [-0.25, -0.2) is 4.98 Å². The number of nitrogens with one attached hydrogen (secondary N) is 1. The topological polar surface area (TPSA) is 46.9 Å². The van der Waals surface area contributed by atoms with Gasteiger partial charge in [-0.1, -0.05) is 30.3 Å². The fourth-order valence-corrected chi connectivity index (χ4v) is 2.75. The van der Waals surface area contributed by atoms with Crippen molar-refractivity contribution in [3.8, 4) is 0 Å². The molecule has 0 spiro atoms. The van der Waals surface area contributed by atoms with Crippen LogP contribution in [-0.4, -0.2) is 15.5 Å². The molecule has 0 aliphatic carbocycles. The number of imidazole rings is 1. The standard InChI is InChI=1S/C21H23N3O/c1-15-4-7-20(12-16(15)2)17(3)23-21(25)19-8-5-18(6-9-19)13-24-11-10-22-14-24/h4-12,14,17H,13H2,1-3H3,(H,23,25)/t17-/m1/s1. The van der Waals surface area contributed by atoms with Crippen LogP contribution in [0.2, 0.25) is 0 Å². The summed E-state index contributed by atoms with van der Waals surface area (Å²) in [5.74, 6) is -0.0556. The van der Waals surface area contributed by atoms with Crippen molar-refractivity contribution in [1.29, 1.82) is 0 Å². The van der Waals surface area contributed by atoms with Gasteiger partial charge in [-0.05, 0) is 55.2 Å². The first kappa shape index (κ1) is 17.0. The molecule has 3 aromatic rings. The molecule has 1 atom stereocenters. The molecule has 1 N–H and O–H groups in total. The first-order valence-corrected chi connectivity index (χ1v) is 8.45. The highest BCUT2D eigenvalue weighted by molar-refractivity contribution is 5.94. The van der Waals surface area contributed by atoms with Gasteiger partial charge in [-0.2, -0.15) is 0 Å². The van der Waals surface area contributed by atoms with Gasteiger partial charge in [0.05, 0.1) is 12.4 Å². The zero-order valence-corrected chi connectivity index (χ0v) is 14.9. The van der Waals surface area contributed by atoms with E-state index in [0.29, 0.717) is 5.56 Å². The molecule has 0 fully saturated rings. The molecule has 1 heterocycles. The maximum Gasteiger partial charge on any atom is 0.251 e. The number of aryl methyl sites for hydroxylation is 2. The van der Waals surface area contributed by atoms with Crippen LogP contribution >= 0.6 is 0 Å². The highest BCUT2D eigenvalue weighted by atomic mass is 16.1. The summed E-state index contributed by atoms with van der Waals surface area (Å²) in [6.07, 6.45) is 5.47. The minimum atomic E-state index is -0.0556. The van der Waals surface area contributed by atoms with Crippen molar-refractivity contribution in [2.75, 3.05) is 0 Å². The Labute approximate surface area is 148 Å². The lowest BCUT2D eigenvalue weighted by Crippen LogP contribution is -2.26. The van der Waals surface area contributed by atoms with E-state index < -0.39 is 0 Å². The highest BCUT2D eigenvalue weighted by Crippen LogP contribution is 2.17. The highest BCUT2D eigenvalue weighted by Gasteiger charge is 2.12. The molecule has 2 aromatic carbocycles. The van der Waals surface area contributed by atoms with Crippen LogP contribution in [-0.2, 0) is 6.54 Å². The molecule has 1 aromatic heterocycles. The van der Waals surface area contributed by atoms with Crippen molar-refractivity contribution < 1.29 is 4.79 Å². The molecule has 1 amide bonds. The van der Waals surface area contributed by atoms with Gasteiger partial charge in [-0.3, -0.25) is 4.79 Å². The fraction of sp³-hybridized carbons (Fsp3) is 0.238. The summed E-state index contributed by atoms with van der Waals surface area (Å²) in [7, 11) is 0. The second-order valence-electron chi connectivity index (χ2n) is 6.47. The number of benzene rings is 2. The number of carbonyl (C=O) groups is 1. The molecule has 0 radical (unpaired) electrons. The second kappa shape index (κ2) is 7.34. The SMILES string of the molecule is Cc1ccc([C@@H](C)NC(=O)c2ccc(Cn3ccnc3)cc2)cc1C. The summed E-state index contributed by atoms with van der Waals surface area (Å²) in [6.45, 7) is 6.94. The van der Waals surface area contributed by atoms with Crippen LogP contribution < -0.4 is 5.32 Å². The summed E-state index contributed by atoms with van der Waals surface area (Å²) in [4.78, 5) is 16.5. The monoisotopic (exact) mass is 333 g/mol. The summed E-state index contributed by atoms with van der Waals surface area (Å²) in [6, 6.07) is 14.0. The van der Waals surface area contributed by atoms with E-state index in [1.165, 1.54) is 11.1 Å². The molecule has 0 bridgehead atoms. The number of hydrogen-bond donors (Lipinski definition) is 1. The zero-order valence-electron chi connectivity index (χ0n) is 14.9. The molecular weight excluding hydrogens is 310 g/mol. The third kappa shape index (κ3) is 4.15. The lowest BCUT2D eigenvalue weighted by Gasteiger charge is -2.16. The van der Waals surface area contributed by atoms with Crippen LogP contribution in [0.1, 0.15) is 45.6 Å². The number of rotatable bonds is 5. The van der Waals surface area contributed by atoms with Crippen molar-refractivity contribution in [3.05, 3.63) is 89.0 Å². The molecule has 25 heavy (non-hydrogen) atoms. The molecule has 3 rings (SSSR count). The van der Waals surface area contributed by atoms with E-state index in [2.05, 4.69) is 42.3 Å². The number of nitrogens with zero attached hydrogens (tertiary/aromatic N) is 2. The van der Waals surface area contributed by atoms with E-state index in [-0.39, 0.29) is 11.9 Å². The molecular formula is C21H23N3O. The minimum Gasteiger partial charge on any atom is -0.346 e. The van der Waals surface area contributed by atoms with Gasteiger partial charge < -0.3 is 9.88 Å². The first-order chi connectivity index (χ1) is 12.0. The average molecular weight is 333 g/mol. The quantitative estimate of drug-likeness (QED) is 0.766. The molecule has 0 aliphatic rings. The van der Waals surface area contributed by atoms with Crippen molar-refractivity contribution in [3.63, 3.8) is 0 Å². The molecule has 4 nitrogen and oxygen atoms in total. The van der Waals surface area contributed by atoms with E-state index in [1.807, 2.05) is 42.0 Å². The van der Waals surface area contributed by atoms with Crippen LogP contribution in [0.5, 0.6) is 0 Å². The fourth-order valence-electron chi connectivity index (χ4n) is 2.75. The van der Waals surface area contributed by atoms with Crippen LogP contribution in [0.25, 0.3) is 0 Å². The Morgan fingerprint density at radius 2 is 1.88 bits per heavy atom. The van der Waals surface area contributed by atoms with Gasteiger partial charge in [0.2, 0.25) is 0 Å². The molecule has 4 heteroatoms. The Bertz CT molecular complexity index is 851. The van der Waals surface area contributed by atoms with Crippen molar-refractivity contribution in [1.82, 2.24) is 14.9 Å². The Hall–Kier alpha value is -2.88. The number of aromatic nitrogens is 2. The number of carbonyl (C=O) groups excluding carboxylic acids is 1. The van der Waals surface area contributed by atoms with Crippen LogP contribution in [0.3, 0.4) is 0 Å². The van der Waals surface area contributed by atoms with Gasteiger partial charge in [-0.15, -0.1) is 0 Å².